The molecular formula is C21H42O6S. The summed E-state index contributed by atoms with van der Waals surface area (Å²) >= 11 is 4.23. The van der Waals surface area contributed by atoms with E-state index in [1.165, 1.54) is 57.8 Å². The molecule has 0 saturated heterocycles. The second kappa shape index (κ2) is 24.7. The average Bonchev–Trinajstić information content (AvgIpc) is 2.68. The van der Waals surface area contributed by atoms with E-state index in [4.69, 9.17) is 24.1 Å². The van der Waals surface area contributed by atoms with Gasteiger partial charge in [0.15, 0.2) is 0 Å². The number of rotatable bonds is 24. The van der Waals surface area contributed by atoms with Crippen LogP contribution in [-0.2, 0) is 23.7 Å². The van der Waals surface area contributed by atoms with Crippen LogP contribution in [0.4, 0.5) is 0 Å². The molecule has 0 rings (SSSR count). The van der Waals surface area contributed by atoms with Crippen molar-refractivity contribution in [1.29, 1.82) is 0 Å². The number of carboxylic acid groups (broad SMARTS) is 1. The predicted molar refractivity (Wildman–Crippen MR) is 116 cm³/mol. The van der Waals surface area contributed by atoms with Gasteiger partial charge in [0, 0.05) is 6.61 Å². The SMILES string of the molecule is O=C(O)CCOCCOCCOCCOCCCCCCCCCCCCS. The zero-order valence-corrected chi connectivity index (χ0v) is 18.5. The van der Waals surface area contributed by atoms with Crippen molar-refractivity contribution in [1.82, 2.24) is 0 Å². The molecule has 0 radical (unpaired) electrons. The Balaban J connectivity index is 2.99. The first-order valence-corrected chi connectivity index (χ1v) is 11.5. The summed E-state index contributed by atoms with van der Waals surface area (Å²) in [5.74, 6) is 0.176. The summed E-state index contributed by atoms with van der Waals surface area (Å²) < 4.78 is 21.4. The monoisotopic (exact) mass is 422 g/mol. The molecule has 0 aromatic rings. The molecule has 1 N–H and O–H groups in total. The maximum Gasteiger partial charge on any atom is 0.305 e. The number of aliphatic carboxylic acids is 1. The zero-order valence-electron chi connectivity index (χ0n) is 17.6. The van der Waals surface area contributed by atoms with Crippen molar-refractivity contribution in [3.05, 3.63) is 0 Å². The topological polar surface area (TPSA) is 74.2 Å². The number of carboxylic acids is 1. The van der Waals surface area contributed by atoms with Crippen LogP contribution >= 0.6 is 12.6 Å². The molecule has 7 heteroatoms. The van der Waals surface area contributed by atoms with E-state index in [1.807, 2.05) is 0 Å². The Morgan fingerprint density at radius 1 is 0.536 bits per heavy atom. The number of ether oxygens (including phenoxy) is 4. The van der Waals surface area contributed by atoms with Crippen molar-refractivity contribution >= 4 is 18.6 Å². The minimum Gasteiger partial charge on any atom is -0.481 e. The van der Waals surface area contributed by atoms with Gasteiger partial charge in [-0.25, -0.2) is 0 Å². The average molecular weight is 423 g/mol. The largest absolute Gasteiger partial charge is 0.481 e. The Morgan fingerprint density at radius 3 is 1.32 bits per heavy atom. The van der Waals surface area contributed by atoms with Crippen molar-refractivity contribution < 1.29 is 28.8 Å². The van der Waals surface area contributed by atoms with E-state index < -0.39 is 5.97 Å². The lowest BCUT2D eigenvalue weighted by Crippen LogP contribution is -2.12. The van der Waals surface area contributed by atoms with Crippen LogP contribution in [0.3, 0.4) is 0 Å². The summed E-state index contributed by atoms with van der Waals surface area (Å²) in [7, 11) is 0. The minimum absolute atomic E-state index is 0.0281. The lowest BCUT2D eigenvalue weighted by molar-refractivity contribution is -0.138. The van der Waals surface area contributed by atoms with E-state index in [9.17, 15) is 4.79 Å². The molecule has 0 heterocycles. The smallest absolute Gasteiger partial charge is 0.305 e. The van der Waals surface area contributed by atoms with Crippen LogP contribution in [0.25, 0.3) is 0 Å². The van der Waals surface area contributed by atoms with E-state index in [0.717, 1.165) is 18.8 Å². The van der Waals surface area contributed by atoms with Crippen molar-refractivity contribution in [2.45, 2.75) is 70.6 Å². The highest BCUT2D eigenvalue weighted by Crippen LogP contribution is 2.10. The molecule has 0 spiro atoms. The fourth-order valence-corrected chi connectivity index (χ4v) is 2.88. The molecular weight excluding hydrogens is 380 g/mol. The third-order valence-corrected chi connectivity index (χ3v) is 4.59. The molecule has 0 aliphatic heterocycles. The van der Waals surface area contributed by atoms with Crippen LogP contribution in [-0.4, -0.2) is 69.7 Å². The van der Waals surface area contributed by atoms with Gasteiger partial charge in [-0.15, -0.1) is 0 Å². The van der Waals surface area contributed by atoms with E-state index >= 15 is 0 Å². The molecule has 0 fully saturated rings. The molecule has 0 aromatic carbocycles. The fourth-order valence-electron chi connectivity index (χ4n) is 2.65. The van der Waals surface area contributed by atoms with Crippen molar-refractivity contribution in [3.63, 3.8) is 0 Å². The third-order valence-electron chi connectivity index (χ3n) is 4.27. The summed E-state index contributed by atoms with van der Waals surface area (Å²) in [5, 5.41) is 8.45. The van der Waals surface area contributed by atoms with Gasteiger partial charge in [-0.1, -0.05) is 51.4 Å². The molecule has 168 valence electrons. The summed E-state index contributed by atoms with van der Waals surface area (Å²) in [4.78, 5) is 10.3. The summed E-state index contributed by atoms with van der Waals surface area (Å²) in [6.45, 7) is 4.17. The van der Waals surface area contributed by atoms with Crippen LogP contribution in [0.2, 0.25) is 0 Å². The van der Waals surface area contributed by atoms with Crippen molar-refractivity contribution in [2.24, 2.45) is 0 Å². The Labute approximate surface area is 177 Å². The molecule has 0 unspecified atom stereocenters. The van der Waals surface area contributed by atoms with Crippen LogP contribution in [0.15, 0.2) is 0 Å². The molecule has 6 nitrogen and oxygen atoms in total. The molecule has 0 aliphatic carbocycles. The fraction of sp³-hybridized carbons (Fsp3) is 0.952. The lowest BCUT2D eigenvalue weighted by atomic mass is 10.1. The summed E-state index contributed by atoms with van der Waals surface area (Å²) in [6, 6.07) is 0. The maximum absolute atomic E-state index is 10.3. The molecule has 0 atom stereocenters. The number of unbranched alkanes of at least 4 members (excludes halogenated alkanes) is 9. The number of hydrogen-bond acceptors (Lipinski definition) is 6. The first-order chi connectivity index (χ1) is 13.8. The molecule has 0 aliphatic rings. The molecule has 0 saturated carbocycles. The van der Waals surface area contributed by atoms with Crippen molar-refractivity contribution in [2.75, 3.05) is 58.6 Å². The summed E-state index contributed by atoms with van der Waals surface area (Å²) in [6.07, 6.45) is 13.2. The van der Waals surface area contributed by atoms with E-state index in [0.29, 0.717) is 39.6 Å². The van der Waals surface area contributed by atoms with Gasteiger partial charge in [0.25, 0.3) is 0 Å². The quantitative estimate of drug-likeness (QED) is 0.178. The Hall–Kier alpha value is -0.340. The Bertz CT molecular complexity index is 317. The van der Waals surface area contributed by atoms with E-state index in [2.05, 4.69) is 12.6 Å². The van der Waals surface area contributed by atoms with Crippen LogP contribution < -0.4 is 0 Å². The lowest BCUT2D eigenvalue weighted by Gasteiger charge is -2.07. The van der Waals surface area contributed by atoms with Gasteiger partial charge in [0.2, 0.25) is 0 Å². The normalized spacial score (nSPS) is 11.2. The van der Waals surface area contributed by atoms with Gasteiger partial charge >= 0.3 is 5.97 Å². The highest BCUT2D eigenvalue weighted by atomic mass is 32.1. The third kappa shape index (κ3) is 25.7. The van der Waals surface area contributed by atoms with Crippen molar-refractivity contribution in [3.8, 4) is 0 Å². The second-order valence-corrected chi connectivity index (χ2v) is 7.30. The van der Waals surface area contributed by atoms with Gasteiger partial charge in [0.1, 0.15) is 0 Å². The minimum atomic E-state index is -0.849. The Kier molecular flexibility index (Phi) is 24.4. The molecule has 0 amide bonds. The zero-order chi connectivity index (χ0) is 20.5. The maximum atomic E-state index is 10.3. The number of carbonyl (C=O) groups is 1. The van der Waals surface area contributed by atoms with E-state index in [-0.39, 0.29) is 13.0 Å². The predicted octanol–water partition coefficient (Wildman–Crippen LogP) is 4.36. The van der Waals surface area contributed by atoms with Crippen LogP contribution in [0.1, 0.15) is 70.6 Å². The Morgan fingerprint density at radius 2 is 0.893 bits per heavy atom. The van der Waals surface area contributed by atoms with Gasteiger partial charge in [-0.2, -0.15) is 12.6 Å². The second-order valence-electron chi connectivity index (χ2n) is 6.85. The summed E-state index contributed by atoms with van der Waals surface area (Å²) in [5.41, 5.74) is 0. The van der Waals surface area contributed by atoms with Gasteiger partial charge < -0.3 is 24.1 Å². The van der Waals surface area contributed by atoms with Gasteiger partial charge in [0.05, 0.1) is 52.7 Å². The van der Waals surface area contributed by atoms with Gasteiger partial charge in [-0.3, -0.25) is 4.79 Å². The standard InChI is InChI=1S/C21H42O6S/c22-21(23)11-13-25-15-17-27-19-18-26-16-14-24-12-9-7-5-3-1-2-4-6-8-10-20-28/h28H,1-20H2,(H,22,23). The van der Waals surface area contributed by atoms with Gasteiger partial charge in [-0.05, 0) is 18.6 Å². The highest BCUT2D eigenvalue weighted by Gasteiger charge is 1.97. The molecule has 0 aromatic heterocycles. The first kappa shape index (κ1) is 27.7. The molecule has 28 heavy (non-hydrogen) atoms. The highest BCUT2D eigenvalue weighted by molar-refractivity contribution is 7.80. The molecule has 0 bridgehead atoms. The first-order valence-electron chi connectivity index (χ1n) is 10.9. The van der Waals surface area contributed by atoms with Crippen LogP contribution in [0, 0.1) is 0 Å². The van der Waals surface area contributed by atoms with Crippen LogP contribution in [0.5, 0.6) is 0 Å². The number of thiol groups is 1. The van der Waals surface area contributed by atoms with E-state index in [1.54, 1.807) is 0 Å². The number of hydrogen-bond donors (Lipinski definition) is 2.